The van der Waals surface area contributed by atoms with Gasteiger partial charge in [0.15, 0.2) is 0 Å². The maximum absolute atomic E-state index is 12.0. The van der Waals surface area contributed by atoms with E-state index >= 15 is 0 Å². The zero-order valence-corrected chi connectivity index (χ0v) is 11.4. The molecule has 1 aliphatic rings. The predicted octanol–water partition coefficient (Wildman–Crippen LogP) is 0.892. The zero-order chi connectivity index (χ0) is 13.5. The third-order valence-electron chi connectivity index (χ3n) is 2.83. The minimum absolute atomic E-state index is 0.0173. The quantitative estimate of drug-likeness (QED) is 0.885. The second-order valence-corrected chi connectivity index (χ2v) is 6.41. The standard InChI is InChI=1S/C12H16N2O3S/c1-8(2)13-18(16,17)10-4-5-11-9(6-10)7-12(15)14(11)3/h4-6,8,13H,7H2,1-3H3. The molecule has 0 radical (unpaired) electrons. The van der Waals surface area contributed by atoms with Crippen LogP contribution in [0.25, 0.3) is 0 Å². The second kappa shape index (κ2) is 4.37. The molecule has 1 N–H and O–H groups in total. The molecule has 0 unspecified atom stereocenters. The Hall–Kier alpha value is -1.40. The molecule has 1 aromatic carbocycles. The highest BCUT2D eigenvalue weighted by atomic mass is 32.2. The lowest BCUT2D eigenvalue weighted by Gasteiger charge is -2.12. The number of sulfonamides is 1. The Bertz CT molecular complexity index is 593. The molecule has 0 aromatic heterocycles. The van der Waals surface area contributed by atoms with E-state index in [-0.39, 0.29) is 23.3 Å². The molecule has 1 aromatic rings. The Labute approximate surface area is 107 Å². The summed E-state index contributed by atoms with van der Waals surface area (Å²) in [7, 11) is -1.81. The number of carbonyl (C=O) groups excluding carboxylic acids is 1. The smallest absolute Gasteiger partial charge is 0.240 e. The van der Waals surface area contributed by atoms with Gasteiger partial charge in [-0.15, -0.1) is 0 Å². The lowest BCUT2D eigenvalue weighted by Crippen LogP contribution is -2.30. The summed E-state index contributed by atoms with van der Waals surface area (Å²) in [4.78, 5) is 13.3. The van der Waals surface area contributed by atoms with E-state index in [1.165, 1.54) is 6.07 Å². The number of nitrogens with one attached hydrogen (secondary N) is 1. The van der Waals surface area contributed by atoms with Crippen LogP contribution in [0.1, 0.15) is 19.4 Å². The second-order valence-electron chi connectivity index (χ2n) is 4.70. The molecule has 2 rings (SSSR count). The molecule has 5 nitrogen and oxygen atoms in total. The van der Waals surface area contributed by atoms with E-state index in [1.54, 1.807) is 37.9 Å². The Kier molecular flexibility index (Phi) is 3.16. The van der Waals surface area contributed by atoms with Crippen LogP contribution in [0.3, 0.4) is 0 Å². The highest BCUT2D eigenvalue weighted by Gasteiger charge is 2.26. The molecular weight excluding hydrogens is 252 g/mol. The number of anilines is 1. The van der Waals surface area contributed by atoms with Crippen LogP contribution in [0.2, 0.25) is 0 Å². The van der Waals surface area contributed by atoms with Crippen molar-refractivity contribution in [3.8, 4) is 0 Å². The van der Waals surface area contributed by atoms with Crippen molar-refractivity contribution < 1.29 is 13.2 Å². The van der Waals surface area contributed by atoms with Gasteiger partial charge in [0, 0.05) is 18.8 Å². The van der Waals surface area contributed by atoms with Gasteiger partial charge in [0.1, 0.15) is 0 Å². The summed E-state index contributed by atoms with van der Waals surface area (Å²) in [6, 6.07) is 4.61. The SMILES string of the molecule is CC(C)NS(=O)(=O)c1ccc2c(c1)CC(=O)N2C. The largest absolute Gasteiger partial charge is 0.315 e. The van der Waals surface area contributed by atoms with Gasteiger partial charge in [-0.1, -0.05) is 0 Å². The number of likely N-dealkylation sites (N-methyl/N-ethyl adjacent to an activating group) is 1. The van der Waals surface area contributed by atoms with Crippen molar-refractivity contribution in [2.45, 2.75) is 31.2 Å². The number of rotatable bonds is 3. The summed E-state index contributed by atoms with van der Waals surface area (Å²) in [6.07, 6.45) is 0.261. The highest BCUT2D eigenvalue weighted by molar-refractivity contribution is 7.89. The Morgan fingerprint density at radius 2 is 2.00 bits per heavy atom. The van der Waals surface area contributed by atoms with Crippen molar-refractivity contribution in [3.63, 3.8) is 0 Å². The van der Waals surface area contributed by atoms with Crippen LogP contribution in [-0.4, -0.2) is 27.4 Å². The first-order valence-electron chi connectivity index (χ1n) is 5.73. The van der Waals surface area contributed by atoms with Crippen molar-refractivity contribution in [3.05, 3.63) is 23.8 Å². The fourth-order valence-electron chi connectivity index (χ4n) is 1.99. The topological polar surface area (TPSA) is 66.5 Å². The fourth-order valence-corrected chi connectivity index (χ4v) is 3.29. The average Bonchev–Trinajstić information content (AvgIpc) is 2.52. The molecule has 6 heteroatoms. The fraction of sp³-hybridized carbons (Fsp3) is 0.417. The zero-order valence-electron chi connectivity index (χ0n) is 10.6. The Morgan fingerprint density at radius 3 is 2.61 bits per heavy atom. The van der Waals surface area contributed by atoms with Crippen molar-refractivity contribution in [1.82, 2.24) is 4.72 Å². The first-order chi connectivity index (χ1) is 8.31. The summed E-state index contributed by atoms with van der Waals surface area (Å²) in [5.74, 6) is -0.0173. The molecule has 98 valence electrons. The van der Waals surface area contributed by atoms with Gasteiger partial charge >= 0.3 is 0 Å². The van der Waals surface area contributed by atoms with Crippen LogP contribution in [-0.2, 0) is 21.2 Å². The first-order valence-corrected chi connectivity index (χ1v) is 7.21. The van der Waals surface area contributed by atoms with Crippen LogP contribution in [0, 0.1) is 0 Å². The molecule has 1 amide bonds. The van der Waals surface area contributed by atoms with Crippen molar-refractivity contribution in [2.75, 3.05) is 11.9 Å². The van der Waals surface area contributed by atoms with Gasteiger partial charge < -0.3 is 4.90 Å². The predicted molar refractivity (Wildman–Crippen MR) is 69.0 cm³/mol. The van der Waals surface area contributed by atoms with E-state index < -0.39 is 10.0 Å². The molecule has 0 saturated heterocycles. The first kappa shape index (κ1) is 13.0. The molecule has 0 aliphatic carbocycles. The van der Waals surface area contributed by atoms with Gasteiger partial charge in [-0.25, -0.2) is 13.1 Å². The van der Waals surface area contributed by atoms with Crippen LogP contribution >= 0.6 is 0 Å². The average molecular weight is 268 g/mol. The van der Waals surface area contributed by atoms with E-state index in [2.05, 4.69) is 4.72 Å². The number of benzene rings is 1. The summed E-state index contributed by atoms with van der Waals surface area (Å²) in [6.45, 7) is 3.53. The molecule has 1 aliphatic heterocycles. The third-order valence-corrected chi connectivity index (χ3v) is 4.49. The lowest BCUT2D eigenvalue weighted by atomic mass is 10.2. The number of nitrogens with zero attached hydrogens (tertiary/aromatic N) is 1. The van der Waals surface area contributed by atoms with Gasteiger partial charge in [0.25, 0.3) is 0 Å². The van der Waals surface area contributed by atoms with E-state index in [1.807, 2.05) is 0 Å². The number of amides is 1. The van der Waals surface area contributed by atoms with E-state index in [4.69, 9.17) is 0 Å². The third kappa shape index (κ3) is 2.26. The highest BCUT2D eigenvalue weighted by Crippen LogP contribution is 2.29. The normalized spacial score (nSPS) is 15.3. The van der Waals surface area contributed by atoms with Crippen LogP contribution < -0.4 is 9.62 Å². The molecule has 0 fully saturated rings. The van der Waals surface area contributed by atoms with Gasteiger partial charge in [-0.2, -0.15) is 0 Å². The molecule has 0 atom stereocenters. The minimum Gasteiger partial charge on any atom is -0.315 e. The Morgan fingerprint density at radius 1 is 1.33 bits per heavy atom. The number of carbonyl (C=O) groups is 1. The maximum Gasteiger partial charge on any atom is 0.240 e. The lowest BCUT2D eigenvalue weighted by molar-refractivity contribution is -0.117. The van der Waals surface area contributed by atoms with E-state index in [0.717, 1.165) is 11.3 Å². The Balaban J connectivity index is 2.40. The van der Waals surface area contributed by atoms with Crippen LogP contribution in [0.5, 0.6) is 0 Å². The van der Waals surface area contributed by atoms with Crippen molar-refractivity contribution in [1.29, 1.82) is 0 Å². The number of fused-ring (bicyclic) bond motifs is 1. The minimum atomic E-state index is -3.50. The van der Waals surface area contributed by atoms with Gasteiger partial charge in [0.05, 0.1) is 11.3 Å². The molecule has 0 bridgehead atoms. The summed E-state index contributed by atoms with van der Waals surface area (Å²) < 4.78 is 26.5. The summed E-state index contributed by atoms with van der Waals surface area (Å²) in [5.41, 5.74) is 1.54. The molecule has 0 saturated carbocycles. The van der Waals surface area contributed by atoms with Crippen molar-refractivity contribution >= 4 is 21.6 Å². The molecule has 1 heterocycles. The molecular formula is C12H16N2O3S. The van der Waals surface area contributed by atoms with Gasteiger partial charge in [0.2, 0.25) is 15.9 Å². The van der Waals surface area contributed by atoms with Gasteiger partial charge in [-0.3, -0.25) is 4.79 Å². The van der Waals surface area contributed by atoms with Crippen molar-refractivity contribution in [2.24, 2.45) is 0 Å². The number of hydrogen-bond donors (Lipinski definition) is 1. The monoisotopic (exact) mass is 268 g/mol. The number of hydrogen-bond acceptors (Lipinski definition) is 3. The van der Waals surface area contributed by atoms with E-state index in [9.17, 15) is 13.2 Å². The molecule has 0 spiro atoms. The maximum atomic E-state index is 12.0. The van der Waals surface area contributed by atoms with Crippen LogP contribution in [0.4, 0.5) is 5.69 Å². The van der Waals surface area contributed by atoms with E-state index in [0.29, 0.717) is 0 Å². The van der Waals surface area contributed by atoms with Gasteiger partial charge in [-0.05, 0) is 37.6 Å². The molecule has 18 heavy (non-hydrogen) atoms. The summed E-state index contributed by atoms with van der Waals surface area (Å²) >= 11 is 0. The summed E-state index contributed by atoms with van der Waals surface area (Å²) in [5, 5.41) is 0. The van der Waals surface area contributed by atoms with Crippen LogP contribution in [0.15, 0.2) is 23.1 Å².